The van der Waals surface area contributed by atoms with Crippen molar-refractivity contribution in [3.05, 3.63) is 41.0 Å². The predicted molar refractivity (Wildman–Crippen MR) is 101 cm³/mol. The van der Waals surface area contributed by atoms with Crippen molar-refractivity contribution in [2.45, 2.75) is 57.5 Å². The minimum atomic E-state index is 0.220. The number of hydrogen-bond donors (Lipinski definition) is 0. The predicted octanol–water partition coefficient (Wildman–Crippen LogP) is 3.88. The van der Waals surface area contributed by atoms with E-state index in [1.807, 2.05) is 6.08 Å². The maximum atomic E-state index is 13.3. The number of rotatable bonds is 3. The summed E-state index contributed by atoms with van der Waals surface area (Å²) in [5.41, 5.74) is 3.55. The fourth-order valence-electron chi connectivity index (χ4n) is 4.78. The van der Waals surface area contributed by atoms with E-state index in [0.29, 0.717) is 31.7 Å². The van der Waals surface area contributed by atoms with Gasteiger partial charge >= 0.3 is 0 Å². The van der Waals surface area contributed by atoms with E-state index in [9.17, 15) is 4.79 Å². The number of methoxy groups -OCH3 is 1. The zero-order valence-corrected chi connectivity index (χ0v) is 15.7. The average molecular weight is 355 g/mol. The van der Waals surface area contributed by atoms with Crippen LogP contribution in [0.25, 0.3) is 0 Å². The molecule has 1 aromatic carbocycles. The van der Waals surface area contributed by atoms with Crippen LogP contribution in [0.2, 0.25) is 0 Å². The van der Waals surface area contributed by atoms with Crippen molar-refractivity contribution in [1.29, 1.82) is 0 Å². The molecule has 0 N–H and O–H groups in total. The second-order valence-electron chi connectivity index (χ2n) is 7.79. The Bertz CT molecular complexity index is 691. The van der Waals surface area contributed by atoms with Crippen molar-refractivity contribution in [2.75, 3.05) is 20.3 Å². The summed E-state index contributed by atoms with van der Waals surface area (Å²) in [6.45, 7) is 1.92. The number of carbonyl (C=O) groups excluding carboxylic acids is 1. The number of nitrogens with zero attached hydrogens (tertiary/aromatic N) is 1. The fourth-order valence-corrected chi connectivity index (χ4v) is 4.78. The van der Waals surface area contributed by atoms with Gasteiger partial charge in [-0.15, -0.1) is 0 Å². The molecule has 1 atom stereocenters. The van der Waals surface area contributed by atoms with Gasteiger partial charge in [0.2, 0.25) is 5.91 Å². The molecule has 4 heteroatoms. The van der Waals surface area contributed by atoms with Crippen LogP contribution < -0.4 is 4.74 Å². The molecule has 0 spiro atoms. The second kappa shape index (κ2) is 7.83. The van der Waals surface area contributed by atoms with Gasteiger partial charge in [-0.25, -0.2) is 0 Å². The largest absolute Gasteiger partial charge is 0.497 e. The van der Waals surface area contributed by atoms with Crippen LogP contribution in [0.15, 0.2) is 29.8 Å². The van der Waals surface area contributed by atoms with E-state index >= 15 is 0 Å². The van der Waals surface area contributed by atoms with Crippen LogP contribution in [-0.4, -0.2) is 37.2 Å². The summed E-state index contributed by atoms with van der Waals surface area (Å²) in [6.07, 6.45) is 10.1. The first-order chi connectivity index (χ1) is 12.8. The molecule has 2 aliphatic heterocycles. The molecule has 3 aliphatic rings. The van der Waals surface area contributed by atoms with Crippen LogP contribution in [0.1, 0.15) is 49.7 Å². The summed E-state index contributed by atoms with van der Waals surface area (Å²) >= 11 is 0. The van der Waals surface area contributed by atoms with Crippen molar-refractivity contribution < 1.29 is 14.3 Å². The van der Waals surface area contributed by atoms with Gasteiger partial charge in [-0.05, 0) is 48.4 Å². The quantitative estimate of drug-likeness (QED) is 0.826. The molecule has 0 saturated heterocycles. The Labute approximate surface area is 156 Å². The standard InChI is InChI=1S/C22H29NO3/c1-25-20-8-7-18-14-21(16-5-3-2-4-6-16)23(15-19(18)13-20)22(24)17-9-11-26-12-10-17/h7-9,13,16,21H,2-6,10-12,14-15H2,1H3. The Hall–Kier alpha value is -1.81. The molecule has 1 aliphatic carbocycles. The molecule has 1 unspecified atom stereocenters. The maximum Gasteiger partial charge on any atom is 0.250 e. The Balaban J connectivity index is 1.64. The molecule has 2 heterocycles. The molecule has 0 radical (unpaired) electrons. The lowest BCUT2D eigenvalue weighted by Crippen LogP contribution is -2.49. The van der Waals surface area contributed by atoms with E-state index in [0.717, 1.165) is 24.2 Å². The fraction of sp³-hybridized carbons (Fsp3) is 0.591. The topological polar surface area (TPSA) is 38.8 Å². The number of carbonyl (C=O) groups is 1. The average Bonchev–Trinajstić information content (AvgIpc) is 2.73. The van der Waals surface area contributed by atoms with Crippen LogP contribution in [0.5, 0.6) is 5.75 Å². The van der Waals surface area contributed by atoms with E-state index < -0.39 is 0 Å². The maximum absolute atomic E-state index is 13.3. The van der Waals surface area contributed by atoms with Gasteiger partial charge in [-0.2, -0.15) is 0 Å². The molecule has 4 nitrogen and oxygen atoms in total. The summed E-state index contributed by atoms with van der Waals surface area (Å²) in [5, 5.41) is 0. The van der Waals surface area contributed by atoms with Crippen LogP contribution in [0, 0.1) is 5.92 Å². The van der Waals surface area contributed by atoms with Crippen LogP contribution >= 0.6 is 0 Å². The van der Waals surface area contributed by atoms with Crippen molar-refractivity contribution >= 4 is 5.91 Å². The minimum Gasteiger partial charge on any atom is -0.497 e. The molecular weight excluding hydrogens is 326 g/mol. The van der Waals surface area contributed by atoms with Crippen molar-refractivity contribution in [2.24, 2.45) is 5.92 Å². The Morgan fingerprint density at radius 2 is 2.04 bits per heavy atom. The van der Waals surface area contributed by atoms with E-state index in [4.69, 9.17) is 9.47 Å². The third-order valence-electron chi connectivity index (χ3n) is 6.28. The van der Waals surface area contributed by atoms with Crippen LogP contribution in [0.4, 0.5) is 0 Å². The first-order valence-corrected chi connectivity index (χ1v) is 10.00. The lowest BCUT2D eigenvalue weighted by molar-refractivity contribution is -0.132. The molecule has 1 fully saturated rings. The summed E-state index contributed by atoms with van der Waals surface area (Å²) in [5.74, 6) is 1.72. The molecule has 26 heavy (non-hydrogen) atoms. The van der Waals surface area contributed by atoms with Gasteiger partial charge in [0.1, 0.15) is 5.75 Å². The monoisotopic (exact) mass is 355 g/mol. The van der Waals surface area contributed by atoms with Gasteiger partial charge in [0.15, 0.2) is 0 Å². The van der Waals surface area contributed by atoms with Crippen molar-refractivity contribution in [1.82, 2.24) is 4.90 Å². The van der Waals surface area contributed by atoms with Crippen LogP contribution in [-0.2, 0) is 22.5 Å². The molecule has 140 valence electrons. The molecule has 0 bridgehead atoms. The lowest BCUT2D eigenvalue weighted by Gasteiger charge is -2.43. The number of ether oxygens (including phenoxy) is 2. The van der Waals surface area contributed by atoms with Gasteiger partial charge in [0.25, 0.3) is 0 Å². The molecular formula is C22H29NO3. The molecule has 0 aromatic heterocycles. The highest BCUT2D eigenvalue weighted by molar-refractivity contribution is 5.94. The number of amides is 1. The van der Waals surface area contributed by atoms with Gasteiger partial charge in [-0.1, -0.05) is 31.4 Å². The summed E-state index contributed by atoms with van der Waals surface area (Å²) < 4.78 is 10.8. The first-order valence-electron chi connectivity index (χ1n) is 10.00. The molecule has 1 aromatic rings. The Morgan fingerprint density at radius 3 is 2.77 bits per heavy atom. The highest BCUT2D eigenvalue weighted by atomic mass is 16.5. The zero-order valence-electron chi connectivity index (χ0n) is 15.7. The first kappa shape index (κ1) is 17.6. The lowest BCUT2D eigenvalue weighted by atomic mass is 9.78. The summed E-state index contributed by atoms with van der Waals surface area (Å²) in [7, 11) is 1.70. The molecule has 1 amide bonds. The number of benzene rings is 1. The SMILES string of the molecule is COc1ccc2c(c1)CN(C(=O)C1=CCOCC1)C(C1CCCCC1)C2. The number of fused-ring (bicyclic) bond motifs is 1. The third-order valence-corrected chi connectivity index (χ3v) is 6.28. The van der Waals surface area contributed by atoms with Crippen LogP contribution in [0.3, 0.4) is 0 Å². The second-order valence-corrected chi connectivity index (χ2v) is 7.79. The van der Waals surface area contributed by atoms with Gasteiger partial charge in [-0.3, -0.25) is 4.79 Å². The van der Waals surface area contributed by atoms with Gasteiger partial charge < -0.3 is 14.4 Å². The molecule has 4 rings (SSSR count). The highest BCUT2D eigenvalue weighted by Gasteiger charge is 2.36. The van der Waals surface area contributed by atoms with Gasteiger partial charge in [0, 0.05) is 24.6 Å². The van der Waals surface area contributed by atoms with E-state index in [1.54, 1.807) is 7.11 Å². The Morgan fingerprint density at radius 1 is 1.19 bits per heavy atom. The zero-order chi connectivity index (χ0) is 17.9. The van der Waals surface area contributed by atoms with Crippen molar-refractivity contribution in [3.63, 3.8) is 0 Å². The highest BCUT2D eigenvalue weighted by Crippen LogP contribution is 2.37. The van der Waals surface area contributed by atoms with E-state index in [2.05, 4.69) is 23.1 Å². The van der Waals surface area contributed by atoms with Crippen molar-refractivity contribution in [3.8, 4) is 5.75 Å². The van der Waals surface area contributed by atoms with E-state index in [-0.39, 0.29) is 5.91 Å². The smallest absolute Gasteiger partial charge is 0.250 e. The summed E-state index contributed by atoms with van der Waals surface area (Å²) in [4.78, 5) is 15.5. The number of hydrogen-bond acceptors (Lipinski definition) is 3. The third kappa shape index (κ3) is 3.52. The van der Waals surface area contributed by atoms with Gasteiger partial charge in [0.05, 0.1) is 20.3 Å². The molecule has 1 saturated carbocycles. The Kier molecular flexibility index (Phi) is 5.30. The normalized spacial score (nSPS) is 24.0. The van der Waals surface area contributed by atoms with E-state index in [1.165, 1.54) is 43.2 Å². The summed E-state index contributed by atoms with van der Waals surface area (Å²) in [6, 6.07) is 6.67. The minimum absolute atomic E-state index is 0.220.